The molecule has 1 aromatic rings. The molecule has 2 atom stereocenters. The summed E-state index contributed by atoms with van der Waals surface area (Å²) in [5, 5.41) is 9.00. The van der Waals surface area contributed by atoms with E-state index >= 15 is 0 Å². The topological polar surface area (TPSA) is 52.1 Å². The summed E-state index contributed by atoms with van der Waals surface area (Å²) in [6.07, 6.45) is 0. The number of hydrogen-bond donors (Lipinski definition) is 2. The van der Waals surface area contributed by atoms with E-state index in [9.17, 15) is 0 Å². The third-order valence-corrected chi connectivity index (χ3v) is 5.46. The molecule has 1 fully saturated rings. The molecule has 26 heavy (non-hydrogen) atoms. The van der Waals surface area contributed by atoms with Gasteiger partial charge in [0.1, 0.15) is 0 Å². The number of ether oxygens (including phenoxy) is 1. The Balaban J connectivity index is 0.00000338. The largest absolute Gasteiger partial charge is 0.379 e. The van der Waals surface area contributed by atoms with Crippen LogP contribution in [0, 0.1) is 0 Å². The van der Waals surface area contributed by atoms with Crippen LogP contribution in [0.5, 0.6) is 0 Å². The fraction of sp³-hybridized carbons (Fsp3) is 0.722. The fourth-order valence-electron chi connectivity index (χ4n) is 2.91. The fourth-order valence-corrected chi connectivity index (χ4v) is 3.83. The Hall–Kier alpha value is -0.420. The molecule has 1 saturated heterocycles. The summed E-state index contributed by atoms with van der Waals surface area (Å²) in [6.45, 7) is 10.5. The van der Waals surface area contributed by atoms with Crippen LogP contribution >= 0.6 is 35.3 Å². The van der Waals surface area contributed by atoms with Gasteiger partial charge in [0.05, 0.1) is 25.8 Å². The first-order chi connectivity index (χ1) is 12.1. The molecule has 1 aliphatic rings. The lowest BCUT2D eigenvalue weighted by atomic mass is 10.2. The summed E-state index contributed by atoms with van der Waals surface area (Å²) >= 11 is 1.80. The molecule has 0 aromatic carbocycles. The average Bonchev–Trinajstić information content (AvgIpc) is 3.14. The summed E-state index contributed by atoms with van der Waals surface area (Å²) in [6, 6.07) is 5.09. The third kappa shape index (κ3) is 7.67. The van der Waals surface area contributed by atoms with E-state index in [1.807, 2.05) is 0 Å². The summed E-state index contributed by atoms with van der Waals surface area (Å²) in [5.74, 6) is 0.894. The van der Waals surface area contributed by atoms with Crippen LogP contribution < -0.4 is 10.6 Å². The minimum atomic E-state index is 0. The number of guanidine groups is 1. The number of nitrogens with zero attached hydrogens (tertiary/aromatic N) is 3. The third-order valence-electron chi connectivity index (χ3n) is 4.48. The Kier molecular flexibility index (Phi) is 11.7. The zero-order valence-corrected chi connectivity index (χ0v) is 19.5. The summed E-state index contributed by atoms with van der Waals surface area (Å²) in [4.78, 5) is 10.9. The zero-order chi connectivity index (χ0) is 18.1. The lowest BCUT2D eigenvalue weighted by Gasteiger charge is -2.31. The molecule has 0 aliphatic carbocycles. The number of aliphatic imine (C=N–C) groups is 1. The highest BCUT2D eigenvalue weighted by Gasteiger charge is 2.18. The molecule has 2 unspecified atom stereocenters. The molecule has 6 nitrogen and oxygen atoms in total. The normalized spacial score (nSPS) is 18.3. The lowest BCUT2D eigenvalue weighted by molar-refractivity contribution is 0.0220. The minimum Gasteiger partial charge on any atom is -0.379 e. The summed E-state index contributed by atoms with van der Waals surface area (Å²) in [5.41, 5.74) is 0. The number of nitrogens with one attached hydrogen (secondary N) is 2. The molecule has 8 heteroatoms. The van der Waals surface area contributed by atoms with Crippen LogP contribution in [-0.4, -0.2) is 81.8 Å². The number of rotatable bonds is 8. The van der Waals surface area contributed by atoms with Gasteiger partial charge in [-0.1, -0.05) is 6.07 Å². The van der Waals surface area contributed by atoms with E-state index in [1.165, 1.54) is 4.88 Å². The Labute approximate surface area is 179 Å². The van der Waals surface area contributed by atoms with E-state index in [-0.39, 0.29) is 24.0 Å². The van der Waals surface area contributed by atoms with Gasteiger partial charge >= 0.3 is 0 Å². The van der Waals surface area contributed by atoms with Gasteiger partial charge in [-0.3, -0.25) is 9.89 Å². The van der Waals surface area contributed by atoms with Crippen molar-refractivity contribution in [1.29, 1.82) is 0 Å². The first-order valence-corrected chi connectivity index (χ1v) is 10.0. The highest BCUT2D eigenvalue weighted by molar-refractivity contribution is 14.0. The zero-order valence-electron chi connectivity index (χ0n) is 16.4. The van der Waals surface area contributed by atoms with Crippen LogP contribution in [0.4, 0.5) is 0 Å². The monoisotopic (exact) mass is 495 g/mol. The Morgan fingerprint density at radius 3 is 2.65 bits per heavy atom. The van der Waals surface area contributed by atoms with Gasteiger partial charge < -0.3 is 20.3 Å². The van der Waals surface area contributed by atoms with Crippen molar-refractivity contribution >= 4 is 41.3 Å². The van der Waals surface area contributed by atoms with Crippen LogP contribution in [0.15, 0.2) is 22.5 Å². The number of thiophene rings is 1. The highest BCUT2D eigenvalue weighted by Crippen LogP contribution is 2.22. The van der Waals surface area contributed by atoms with Crippen molar-refractivity contribution in [1.82, 2.24) is 20.4 Å². The second-order valence-electron chi connectivity index (χ2n) is 6.59. The number of likely N-dealkylation sites (N-methyl/N-ethyl adjacent to an activating group) is 1. The lowest BCUT2D eigenvalue weighted by Crippen LogP contribution is -2.45. The summed E-state index contributed by atoms with van der Waals surface area (Å²) < 4.78 is 5.43. The quantitative estimate of drug-likeness (QED) is 0.329. The van der Waals surface area contributed by atoms with Gasteiger partial charge in [0.2, 0.25) is 0 Å². The first-order valence-electron chi connectivity index (χ1n) is 9.15. The van der Waals surface area contributed by atoms with E-state index in [0.29, 0.717) is 12.1 Å². The molecule has 0 spiro atoms. The average molecular weight is 495 g/mol. The second kappa shape index (κ2) is 12.9. The van der Waals surface area contributed by atoms with Crippen molar-refractivity contribution in [3.05, 3.63) is 22.4 Å². The number of halogens is 1. The van der Waals surface area contributed by atoms with Crippen molar-refractivity contribution in [3.8, 4) is 0 Å². The number of hydrogen-bond acceptors (Lipinski definition) is 5. The van der Waals surface area contributed by atoms with Crippen LogP contribution in [0.3, 0.4) is 0 Å². The van der Waals surface area contributed by atoms with Crippen molar-refractivity contribution in [2.45, 2.75) is 25.9 Å². The molecule has 0 saturated carbocycles. The molecular formula is C18H34IN5OS. The Morgan fingerprint density at radius 1 is 1.35 bits per heavy atom. The maximum atomic E-state index is 5.43. The molecule has 1 aromatic heterocycles. The predicted molar refractivity (Wildman–Crippen MR) is 122 cm³/mol. The molecule has 0 amide bonds. The molecule has 150 valence electrons. The molecule has 1 aliphatic heterocycles. The Morgan fingerprint density at radius 2 is 2.08 bits per heavy atom. The van der Waals surface area contributed by atoms with Gasteiger partial charge in [0.15, 0.2) is 5.96 Å². The van der Waals surface area contributed by atoms with E-state index in [4.69, 9.17) is 9.73 Å². The van der Waals surface area contributed by atoms with E-state index in [2.05, 4.69) is 65.9 Å². The Bertz CT molecular complexity index is 506. The van der Waals surface area contributed by atoms with Gasteiger partial charge in [0, 0.05) is 37.1 Å². The van der Waals surface area contributed by atoms with Crippen molar-refractivity contribution in [2.24, 2.45) is 4.99 Å². The van der Waals surface area contributed by atoms with Gasteiger partial charge in [-0.05, 0) is 39.4 Å². The summed E-state index contributed by atoms with van der Waals surface area (Å²) in [7, 11) is 4.24. The second-order valence-corrected chi connectivity index (χ2v) is 7.57. The van der Waals surface area contributed by atoms with Crippen molar-refractivity contribution < 1.29 is 4.74 Å². The SMILES string of the molecule is CCNC(=NCC(C)N1CCOCC1)NCC(c1cccs1)N(C)C.I. The van der Waals surface area contributed by atoms with Crippen LogP contribution in [0.1, 0.15) is 24.8 Å². The molecule has 0 radical (unpaired) electrons. The minimum absolute atomic E-state index is 0. The standard InChI is InChI=1S/C18H33N5OS.HI/c1-5-19-18(20-13-15(2)23-8-10-24-11-9-23)21-14-16(22(3)4)17-7-6-12-25-17;/h6-7,12,15-16H,5,8-11,13-14H2,1-4H3,(H2,19,20,21);1H. The maximum Gasteiger partial charge on any atom is 0.191 e. The molecular weight excluding hydrogens is 461 g/mol. The first kappa shape index (κ1) is 23.6. The van der Waals surface area contributed by atoms with Gasteiger partial charge in [0.25, 0.3) is 0 Å². The van der Waals surface area contributed by atoms with Crippen LogP contribution in [0.2, 0.25) is 0 Å². The predicted octanol–water partition coefficient (Wildman–Crippen LogP) is 2.24. The van der Waals surface area contributed by atoms with Crippen molar-refractivity contribution in [2.75, 3.05) is 60.0 Å². The van der Waals surface area contributed by atoms with Gasteiger partial charge in [-0.25, -0.2) is 0 Å². The van der Waals surface area contributed by atoms with E-state index < -0.39 is 0 Å². The van der Waals surface area contributed by atoms with Gasteiger partial charge in [-0.15, -0.1) is 35.3 Å². The van der Waals surface area contributed by atoms with Crippen LogP contribution in [-0.2, 0) is 4.74 Å². The number of morpholine rings is 1. The van der Waals surface area contributed by atoms with Crippen LogP contribution in [0.25, 0.3) is 0 Å². The van der Waals surface area contributed by atoms with Gasteiger partial charge in [-0.2, -0.15) is 0 Å². The molecule has 2 heterocycles. The molecule has 0 bridgehead atoms. The molecule has 2 N–H and O–H groups in total. The van der Waals surface area contributed by atoms with E-state index in [0.717, 1.165) is 51.9 Å². The molecule has 2 rings (SSSR count). The van der Waals surface area contributed by atoms with Crippen molar-refractivity contribution in [3.63, 3.8) is 0 Å². The highest BCUT2D eigenvalue weighted by atomic mass is 127. The smallest absolute Gasteiger partial charge is 0.191 e. The van der Waals surface area contributed by atoms with E-state index in [1.54, 1.807) is 11.3 Å². The maximum absolute atomic E-state index is 5.43.